The van der Waals surface area contributed by atoms with E-state index in [9.17, 15) is 27.9 Å². The number of rotatable bonds is 4. The average Bonchev–Trinajstić information content (AvgIpc) is 3.23. The van der Waals surface area contributed by atoms with E-state index in [1.54, 1.807) is 25.3 Å². The average molecular weight is 516 g/mol. The Labute approximate surface area is 212 Å². The number of anilines is 1. The molecule has 3 heterocycles. The summed E-state index contributed by atoms with van der Waals surface area (Å²) in [4.78, 5) is 30.8. The molecule has 2 aromatic heterocycles. The summed E-state index contributed by atoms with van der Waals surface area (Å²) >= 11 is 0. The van der Waals surface area contributed by atoms with Gasteiger partial charge in [0.2, 0.25) is 5.91 Å². The lowest BCUT2D eigenvalue weighted by atomic mass is 9.86. The number of carboxylic acid groups (broad SMARTS) is 1. The van der Waals surface area contributed by atoms with Crippen molar-refractivity contribution in [2.45, 2.75) is 51.9 Å². The molecule has 0 radical (unpaired) electrons. The summed E-state index contributed by atoms with van der Waals surface area (Å²) in [6, 6.07) is 9.55. The van der Waals surface area contributed by atoms with E-state index < -0.39 is 29.2 Å². The predicted molar refractivity (Wildman–Crippen MR) is 131 cm³/mol. The first-order chi connectivity index (χ1) is 17.3. The van der Waals surface area contributed by atoms with Crippen molar-refractivity contribution in [3.05, 3.63) is 65.6 Å². The molecule has 2 amide bonds. The molecule has 0 spiro atoms. The molecule has 0 bridgehead atoms. The van der Waals surface area contributed by atoms with Crippen LogP contribution in [0.2, 0.25) is 0 Å². The van der Waals surface area contributed by atoms with Crippen molar-refractivity contribution in [1.29, 1.82) is 0 Å². The first-order valence-electron chi connectivity index (χ1n) is 11.8. The summed E-state index contributed by atoms with van der Waals surface area (Å²) in [6.07, 6.45) is -4.16. The van der Waals surface area contributed by atoms with E-state index in [0.717, 1.165) is 17.0 Å². The maximum absolute atomic E-state index is 13.1. The third-order valence-electron chi connectivity index (χ3n) is 6.28. The molecule has 2 N–H and O–H groups in total. The van der Waals surface area contributed by atoms with Gasteiger partial charge in [0.15, 0.2) is 0 Å². The van der Waals surface area contributed by atoms with Gasteiger partial charge in [-0.15, -0.1) is 0 Å². The van der Waals surface area contributed by atoms with Crippen LogP contribution in [0.15, 0.2) is 48.7 Å². The van der Waals surface area contributed by atoms with E-state index >= 15 is 0 Å². The number of carbonyl (C=O) groups is 2. The van der Waals surface area contributed by atoms with Gasteiger partial charge in [-0.05, 0) is 36.8 Å². The maximum Gasteiger partial charge on any atom is 0.416 e. The van der Waals surface area contributed by atoms with Crippen molar-refractivity contribution in [1.82, 2.24) is 20.1 Å². The fourth-order valence-electron chi connectivity index (χ4n) is 4.42. The van der Waals surface area contributed by atoms with Crippen LogP contribution in [-0.4, -0.2) is 38.4 Å². The van der Waals surface area contributed by atoms with Crippen LogP contribution < -0.4 is 10.2 Å². The zero-order valence-electron chi connectivity index (χ0n) is 20.9. The van der Waals surface area contributed by atoms with E-state index in [1.807, 2.05) is 26.8 Å². The van der Waals surface area contributed by atoms with Gasteiger partial charge >= 0.3 is 12.3 Å². The van der Waals surface area contributed by atoms with Gasteiger partial charge in [-0.25, -0.2) is 9.48 Å². The van der Waals surface area contributed by atoms with E-state index in [-0.39, 0.29) is 30.9 Å². The number of nitrogens with zero attached hydrogens (tertiary/aromatic N) is 4. The normalized spacial score (nSPS) is 16.7. The number of amides is 2. The van der Waals surface area contributed by atoms with Crippen LogP contribution in [0.4, 0.5) is 23.8 Å². The summed E-state index contributed by atoms with van der Waals surface area (Å²) < 4.78 is 40.9. The molecule has 11 heteroatoms. The van der Waals surface area contributed by atoms with Gasteiger partial charge in [0.25, 0.3) is 0 Å². The maximum atomic E-state index is 13.1. The molecule has 2 atom stereocenters. The smallest absolute Gasteiger partial charge is 0.416 e. The molecule has 4 rings (SSSR count). The highest BCUT2D eigenvalue weighted by atomic mass is 19.4. The van der Waals surface area contributed by atoms with E-state index in [1.165, 1.54) is 16.8 Å². The highest BCUT2D eigenvalue weighted by molar-refractivity contribution is 5.94. The van der Waals surface area contributed by atoms with E-state index in [2.05, 4.69) is 15.4 Å². The molecule has 0 aliphatic carbocycles. The molecule has 1 aliphatic heterocycles. The first kappa shape index (κ1) is 26.2. The van der Waals surface area contributed by atoms with Gasteiger partial charge in [0.1, 0.15) is 5.82 Å². The van der Waals surface area contributed by atoms with Crippen LogP contribution in [0.25, 0.3) is 11.1 Å². The minimum Gasteiger partial charge on any atom is -0.465 e. The zero-order valence-corrected chi connectivity index (χ0v) is 20.9. The lowest BCUT2D eigenvalue weighted by molar-refractivity contribution is -0.137. The summed E-state index contributed by atoms with van der Waals surface area (Å²) in [5, 5.41) is 17.6. The number of carbonyl (C=O) groups excluding carboxylic acids is 1. The lowest BCUT2D eigenvalue weighted by Crippen LogP contribution is -2.48. The molecular formula is C26H28F3N5O3. The van der Waals surface area contributed by atoms with Crippen LogP contribution in [-0.2, 0) is 22.9 Å². The van der Waals surface area contributed by atoms with E-state index in [4.69, 9.17) is 0 Å². The number of alkyl halides is 3. The summed E-state index contributed by atoms with van der Waals surface area (Å²) in [5.74, 6) is -0.846. The third-order valence-corrected chi connectivity index (χ3v) is 6.28. The van der Waals surface area contributed by atoms with Crippen LogP contribution >= 0.6 is 0 Å². The Morgan fingerprint density at radius 2 is 1.76 bits per heavy atom. The molecule has 0 saturated carbocycles. The molecule has 0 fully saturated rings. The van der Waals surface area contributed by atoms with Gasteiger partial charge in [-0.3, -0.25) is 14.7 Å². The van der Waals surface area contributed by atoms with Crippen LogP contribution in [0.1, 0.15) is 50.7 Å². The number of nitrogens with one attached hydrogen (secondary N) is 1. The minimum atomic E-state index is -4.50. The number of benzene rings is 1. The van der Waals surface area contributed by atoms with Gasteiger partial charge in [0, 0.05) is 23.7 Å². The van der Waals surface area contributed by atoms with Crippen molar-refractivity contribution in [3.8, 4) is 11.1 Å². The van der Waals surface area contributed by atoms with Crippen LogP contribution in [0.3, 0.4) is 0 Å². The SMILES string of the molecule is CC(NC(=O)C1CN(C(=O)O)c2c(-c3ccc(C(F)(F)F)cc3)c(C(C)(C)C)nn2C1)c1ccccn1. The van der Waals surface area contributed by atoms with Gasteiger partial charge in [0.05, 0.1) is 35.5 Å². The van der Waals surface area contributed by atoms with Crippen molar-refractivity contribution in [2.75, 3.05) is 11.4 Å². The van der Waals surface area contributed by atoms with Crippen molar-refractivity contribution in [3.63, 3.8) is 0 Å². The minimum absolute atomic E-state index is 0.115. The topological polar surface area (TPSA) is 100 Å². The number of pyridine rings is 1. The quantitative estimate of drug-likeness (QED) is 0.494. The Kier molecular flexibility index (Phi) is 6.74. The first-order valence-corrected chi connectivity index (χ1v) is 11.8. The van der Waals surface area contributed by atoms with Crippen molar-refractivity contribution >= 4 is 17.8 Å². The Morgan fingerprint density at radius 3 is 2.30 bits per heavy atom. The standard InChI is InChI=1S/C26H28F3N5O3/c1-15(19-7-5-6-12-30-19)31-22(35)17-13-33(24(36)37)23-20(21(25(2,3)4)32-34(23)14-17)16-8-10-18(11-9-16)26(27,28)29/h5-12,15,17H,13-14H2,1-4H3,(H,31,35)(H,36,37). The van der Waals surface area contributed by atoms with Crippen molar-refractivity contribution < 1.29 is 27.9 Å². The number of hydrogen-bond donors (Lipinski definition) is 2. The third kappa shape index (κ3) is 5.30. The molecule has 196 valence electrons. The number of halogens is 3. The zero-order chi connectivity index (χ0) is 27.1. The monoisotopic (exact) mass is 515 g/mol. The molecule has 0 saturated heterocycles. The number of hydrogen-bond acceptors (Lipinski definition) is 4. The number of aromatic nitrogens is 3. The molecule has 37 heavy (non-hydrogen) atoms. The van der Waals surface area contributed by atoms with E-state index in [0.29, 0.717) is 22.5 Å². The van der Waals surface area contributed by atoms with Crippen LogP contribution in [0.5, 0.6) is 0 Å². The fraction of sp³-hybridized carbons (Fsp3) is 0.385. The molecule has 1 aromatic carbocycles. The largest absolute Gasteiger partial charge is 0.465 e. The second-order valence-electron chi connectivity index (χ2n) is 10.1. The Balaban J connectivity index is 1.73. The highest BCUT2D eigenvalue weighted by Crippen LogP contribution is 2.43. The fourth-order valence-corrected chi connectivity index (χ4v) is 4.42. The molecular weight excluding hydrogens is 487 g/mol. The van der Waals surface area contributed by atoms with Gasteiger partial charge in [-0.2, -0.15) is 18.3 Å². The second-order valence-corrected chi connectivity index (χ2v) is 10.1. The van der Waals surface area contributed by atoms with Gasteiger partial charge < -0.3 is 10.4 Å². The second kappa shape index (κ2) is 9.53. The summed E-state index contributed by atoms with van der Waals surface area (Å²) in [5.41, 5.74) is 0.681. The molecule has 2 unspecified atom stereocenters. The Morgan fingerprint density at radius 1 is 1.08 bits per heavy atom. The summed E-state index contributed by atoms with van der Waals surface area (Å²) in [6.45, 7) is 7.44. The summed E-state index contributed by atoms with van der Waals surface area (Å²) in [7, 11) is 0. The van der Waals surface area contributed by atoms with Crippen molar-refractivity contribution in [2.24, 2.45) is 5.92 Å². The van der Waals surface area contributed by atoms with Crippen LogP contribution in [0, 0.1) is 5.92 Å². The van der Waals surface area contributed by atoms with Gasteiger partial charge in [-0.1, -0.05) is 39.0 Å². The lowest BCUT2D eigenvalue weighted by Gasteiger charge is -2.32. The number of fused-ring (bicyclic) bond motifs is 1. The Hall–Kier alpha value is -3.89. The Bertz CT molecular complexity index is 1300. The molecule has 3 aromatic rings. The predicted octanol–water partition coefficient (Wildman–Crippen LogP) is 5.25. The highest BCUT2D eigenvalue weighted by Gasteiger charge is 2.39. The molecule has 8 nitrogen and oxygen atoms in total. The molecule has 1 aliphatic rings.